The molecule has 17 heavy (non-hydrogen) atoms. The van der Waals surface area contributed by atoms with E-state index in [0.29, 0.717) is 19.0 Å². The van der Waals surface area contributed by atoms with Crippen LogP contribution < -0.4 is 10.1 Å². The van der Waals surface area contributed by atoms with Gasteiger partial charge in [0.1, 0.15) is 0 Å². The molecular weight excluding hydrogens is 220 g/mol. The molecule has 0 aliphatic carbocycles. The largest absolute Gasteiger partial charge is 0.490 e. The predicted molar refractivity (Wildman–Crippen MR) is 66.3 cm³/mol. The molecule has 1 aromatic heterocycles. The van der Waals surface area contributed by atoms with Crippen LogP contribution in [0.15, 0.2) is 18.3 Å². The molecule has 1 rings (SSSR count). The van der Waals surface area contributed by atoms with E-state index < -0.39 is 0 Å². The van der Waals surface area contributed by atoms with Crippen molar-refractivity contribution in [3.05, 3.63) is 18.3 Å². The highest BCUT2D eigenvalue weighted by Gasteiger charge is 2.08. The second-order valence-corrected chi connectivity index (χ2v) is 3.48. The molecule has 5 heteroatoms. The molecule has 0 saturated heterocycles. The van der Waals surface area contributed by atoms with Crippen molar-refractivity contribution in [3.8, 4) is 5.75 Å². The van der Waals surface area contributed by atoms with E-state index >= 15 is 0 Å². The Labute approximate surface area is 102 Å². The molecule has 1 aromatic rings. The van der Waals surface area contributed by atoms with Crippen molar-refractivity contribution >= 4 is 5.82 Å². The number of hydrogen-bond acceptors (Lipinski definition) is 5. The number of nitrogens with one attached hydrogen (secondary N) is 1. The van der Waals surface area contributed by atoms with Gasteiger partial charge in [-0.25, -0.2) is 4.98 Å². The average Bonchev–Trinajstić information content (AvgIpc) is 2.38. The third-order valence-corrected chi connectivity index (χ3v) is 2.19. The summed E-state index contributed by atoms with van der Waals surface area (Å²) in [6.45, 7) is 3.26. The van der Waals surface area contributed by atoms with Crippen molar-refractivity contribution < 1.29 is 14.2 Å². The lowest BCUT2D eigenvalue weighted by Gasteiger charge is -2.16. The summed E-state index contributed by atoms with van der Waals surface area (Å²) in [5, 5.41) is 3.14. The monoisotopic (exact) mass is 240 g/mol. The maximum Gasteiger partial charge on any atom is 0.173 e. The quantitative estimate of drug-likeness (QED) is 0.703. The molecule has 0 saturated carbocycles. The van der Waals surface area contributed by atoms with E-state index in [0.717, 1.165) is 12.2 Å². The Balaban J connectivity index is 2.56. The lowest BCUT2D eigenvalue weighted by atomic mass is 10.4. The van der Waals surface area contributed by atoms with Crippen molar-refractivity contribution in [3.63, 3.8) is 0 Å². The Morgan fingerprint density at radius 3 is 2.76 bits per heavy atom. The van der Waals surface area contributed by atoms with Crippen molar-refractivity contribution in [1.29, 1.82) is 0 Å². The zero-order chi connectivity index (χ0) is 12.5. The number of rotatable bonds is 8. The first kappa shape index (κ1) is 13.7. The molecule has 5 nitrogen and oxygen atoms in total. The summed E-state index contributed by atoms with van der Waals surface area (Å²) in [7, 11) is 3.20. The first-order valence-corrected chi connectivity index (χ1v) is 5.69. The van der Waals surface area contributed by atoms with E-state index in [2.05, 4.69) is 17.2 Å². The minimum Gasteiger partial charge on any atom is -0.490 e. The summed E-state index contributed by atoms with van der Waals surface area (Å²) in [5.41, 5.74) is 0. The second-order valence-electron chi connectivity index (χ2n) is 3.48. The predicted octanol–water partition coefficient (Wildman–Crippen LogP) is 1.90. The fraction of sp³-hybridized carbons (Fsp3) is 0.583. The lowest BCUT2D eigenvalue weighted by Crippen LogP contribution is -2.24. The van der Waals surface area contributed by atoms with Gasteiger partial charge in [0.05, 0.1) is 13.2 Å². The van der Waals surface area contributed by atoms with Crippen LogP contribution in [0.1, 0.15) is 13.3 Å². The average molecular weight is 240 g/mol. The van der Waals surface area contributed by atoms with Crippen LogP contribution in [-0.2, 0) is 9.47 Å². The highest BCUT2D eigenvalue weighted by atomic mass is 16.7. The number of aromatic nitrogens is 1. The van der Waals surface area contributed by atoms with E-state index in [1.807, 2.05) is 12.1 Å². The molecule has 0 aromatic carbocycles. The summed E-state index contributed by atoms with van der Waals surface area (Å²) in [6.07, 6.45) is 2.39. The first-order valence-electron chi connectivity index (χ1n) is 5.69. The Morgan fingerprint density at radius 2 is 2.12 bits per heavy atom. The number of pyridine rings is 1. The van der Waals surface area contributed by atoms with Gasteiger partial charge in [-0.3, -0.25) is 0 Å². The van der Waals surface area contributed by atoms with Crippen LogP contribution in [0.4, 0.5) is 5.82 Å². The van der Waals surface area contributed by atoms with Crippen molar-refractivity contribution in [1.82, 2.24) is 4.98 Å². The molecule has 1 heterocycles. The number of hydrogen-bond donors (Lipinski definition) is 1. The molecule has 0 bridgehead atoms. The maximum absolute atomic E-state index is 5.58. The van der Waals surface area contributed by atoms with Crippen LogP contribution in [0.2, 0.25) is 0 Å². The SMILES string of the molecule is CCCOc1cccnc1NCC(OC)OC. The molecule has 0 aliphatic heterocycles. The van der Waals surface area contributed by atoms with E-state index in [1.54, 1.807) is 20.4 Å². The van der Waals surface area contributed by atoms with Gasteiger partial charge in [0.25, 0.3) is 0 Å². The third-order valence-electron chi connectivity index (χ3n) is 2.19. The van der Waals surface area contributed by atoms with Gasteiger partial charge in [-0.1, -0.05) is 6.92 Å². The molecule has 0 spiro atoms. The van der Waals surface area contributed by atoms with E-state index in [9.17, 15) is 0 Å². The fourth-order valence-corrected chi connectivity index (χ4v) is 1.29. The third kappa shape index (κ3) is 4.58. The van der Waals surface area contributed by atoms with Gasteiger partial charge in [-0.15, -0.1) is 0 Å². The molecule has 1 N–H and O–H groups in total. The fourth-order valence-electron chi connectivity index (χ4n) is 1.29. The topological polar surface area (TPSA) is 52.6 Å². The van der Waals surface area contributed by atoms with Gasteiger partial charge < -0.3 is 19.5 Å². The summed E-state index contributed by atoms with van der Waals surface area (Å²) < 4.78 is 15.8. The van der Waals surface area contributed by atoms with Gasteiger partial charge in [0, 0.05) is 20.4 Å². The number of nitrogens with zero attached hydrogens (tertiary/aromatic N) is 1. The Hall–Kier alpha value is -1.33. The molecule has 0 atom stereocenters. The Bertz CT molecular complexity index is 316. The van der Waals surface area contributed by atoms with Crippen molar-refractivity contribution in [2.24, 2.45) is 0 Å². The van der Waals surface area contributed by atoms with E-state index in [-0.39, 0.29) is 6.29 Å². The Kier molecular flexibility index (Phi) is 6.35. The molecule has 0 radical (unpaired) electrons. The summed E-state index contributed by atoms with van der Waals surface area (Å²) >= 11 is 0. The smallest absolute Gasteiger partial charge is 0.173 e. The minimum absolute atomic E-state index is 0.295. The molecule has 0 amide bonds. The summed E-state index contributed by atoms with van der Waals surface area (Å²) in [4.78, 5) is 4.22. The van der Waals surface area contributed by atoms with Crippen LogP contribution >= 0.6 is 0 Å². The van der Waals surface area contributed by atoms with Gasteiger partial charge in [-0.2, -0.15) is 0 Å². The number of ether oxygens (including phenoxy) is 3. The van der Waals surface area contributed by atoms with Gasteiger partial charge >= 0.3 is 0 Å². The summed E-state index contributed by atoms with van der Waals surface area (Å²) in [5.74, 6) is 1.46. The van der Waals surface area contributed by atoms with Crippen LogP contribution in [0.3, 0.4) is 0 Å². The molecule has 0 fully saturated rings. The maximum atomic E-state index is 5.58. The molecule has 96 valence electrons. The first-order chi connectivity index (χ1) is 8.31. The normalized spacial score (nSPS) is 10.6. The number of methoxy groups -OCH3 is 2. The zero-order valence-electron chi connectivity index (χ0n) is 10.6. The highest BCUT2D eigenvalue weighted by Crippen LogP contribution is 2.20. The summed E-state index contributed by atoms with van der Waals surface area (Å²) in [6, 6.07) is 3.74. The standard InChI is InChI=1S/C12H20N2O3/c1-4-8-17-10-6-5-7-13-12(10)14-9-11(15-2)16-3/h5-7,11H,4,8-9H2,1-3H3,(H,13,14). The molecular formula is C12H20N2O3. The van der Waals surface area contributed by atoms with Gasteiger partial charge in [0.2, 0.25) is 0 Å². The van der Waals surface area contributed by atoms with Gasteiger partial charge in [0.15, 0.2) is 17.9 Å². The lowest BCUT2D eigenvalue weighted by molar-refractivity contribution is -0.0914. The van der Waals surface area contributed by atoms with Crippen LogP contribution in [0.5, 0.6) is 5.75 Å². The second kappa shape index (κ2) is 7.86. The number of anilines is 1. The van der Waals surface area contributed by atoms with Crippen molar-refractivity contribution in [2.45, 2.75) is 19.6 Å². The van der Waals surface area contributed by atoms with E-state index in [1.165, 1.54) is 0 Å². The minimum atomic E-state index is -0.295. The molecule has 0 unspecified atom stereocenters. The van der Waals surface area contributed by atoms with Crippen LogP contribution in [-0.4, -0.2) is 38.6 Å². The van der Waals surface area contributed by atoms with Crippen LogP contribution in [0, 0.1) is 0 Å². The van der Waals surface area contributed by atoms with Gasteiger partial charge in [-0.05, 0) is 18.6 Å². The molecule has 0 aliphatic rings. The highest BCUT2D eigenvalue weighted by molar-refractivity contribution is 5.49. The van der Waals surface area contributed by atoms with Crippen LogP contribution in [0.25, 0.3) is 0 Å². The van der Waals surface area contributed by atoms with E-state index in [4.69, 9.17) is 14.2 Å². The zero-order valence-corrected chi connectivity index (χ0v) is 10.6. The van der Waals surface area contributed by atoms with Crippen molar-refractivity contribution in [2.75, 3.05) is 32.7 Å². The Morgan fingerprint density at radius 1 is 1.35 bits per heavy atom.